The summed E-state index contributed by atoms with van der Waals surface area (Å²) >= 11 is 0. The van der Waals surface area contributed by atoms with Crippen LogP contribution in [0.4, 0.5) is 9.59 Å². The van der Waals surface area contributed by atoms with E-state index in [0.717, 1.165) is 0 Å². The molecule has 0 aromatic heterocycles. The van der Waals surface area contributed by atoms with E-state index in [9.17, 15) is 4.79 Å². The van der Waals surface area contributed by atoms with Crippen molar-refractivity contribution in [3.63, 3.8) is 0 Å². The van der Waals surface area contributed by atoms with E-state index < -0.39 is 12.3 Å². The number of carboxylic acid groups (broad SMARTS) is 3. The molecule has 0 aromatic carbocycles. The maximum Gasteiger partial charge on any atom is 0.505 e. The first kappa shape index (κ1) is 13.2. The third-order valence-corrected chi connectivity index (χ3v) is 0.540. The highest BCUT2D eigenvalue weighted by atomic mass is 16.7. The molecular weight excluding hydrogens is 168 g/mol. The molecular formula is C6H12O6. The van der Waals surface area contributed by atoms with E-state index in [2.05, 4.69) is 4.74 Å². The highest BCUT2D eigenvalue weighted by Gasteiger charge is 1.97. The number of hydrogen-bond acceptors (Lipinski definition) is 3. The number of rotatable bonds is 2. The summed E-state index contributed by atoms with van der Waals surface area (Å²) in [7, 11) is 0. The number of ether oxygens (including phenoxy) is 1. The van der Waals surface area contributed by atoms with Crippen LogP contribution in [0.25, 0.3) is 0 Å². The lowest BCUT2D eigenvalue weighted by molar-refractivity contribution is 0.0814. The van der Waals surface area contributed by atoms with Crippen molar-refractivity contribution < 1.29 is 29.6 Å². The van der Waals surface area contributed by atoms with Crippen molar-refractivity contribution in [2.75, 3.05) is 6.61 Å². The Morgan fingerprint density at radius 2 is 1.58 bits per heavy atom. The summed E-state index contributed by atoms with van der Waals surface area (Å²) in [5, 5.41) is 21.9. The van der Waals surface area contributed by atoms with Gasteiger partial charge in [-0.25, -0.2) is 9.59 Å². The van der Waals surface area contributed by atoms with Gasteiger partial charge in [-0.15, -0.1) is 0 Å². The van der Waals surface area contributed by atoms with Crippen LogP contribution < -0.4 is 0 Å². The van der Waals surface area contributed by atoms with Gasteiger partial charge in [0.05, 0.1) is 6.61 Å². The van der Waals surface area contributed by atoms with E-state index in [-0.39, 0.29) is 12.5 Å². The fraction of sp³-hybridized carbons (Fsp3) is 0.667. The van der Waals surface area contributed by atoms with Crippen molar-refractivity contribution in [2.45, 2.75) is 13.8 Å². The molecule has 0 aliphatic rings. The van der Waals surface area contributed by atoms with Crippen LogP contribution in [-0.2, 0) is 4.74 Å². The highest BCUT2D eigenvalue weighted by Crippen LogP contribution is 1.91. The molecule has 0 fully saturated rings. The monoisotopic (exact) mass is 180 g/mol. The highest BCUT2D eigenvalue weighted by molar-refractivity contribution is 5.56. The molecule has 6 heteroatoms. The number of carbonyl (C=O) groups is 2. The molecule has 0 bridgehead atoms. The predicted molar refractivity (Wildman–Crippen MR) is 39.5 cm³/mol. The quantitative estimate of drug-likeness (QED) is 0.557. The summed E-state index contributed by atoms with van der Waals surface area (Å²) in [6, 6.07) is 0. The Morgan fingerprint density at radius 3 is 1.67 bits per heavy atom. The minimum atomic E-state index is -1.83. The lowest BCUT2D eigenvalue weighted by Crippen LogP contribution is -2.06. The van der Waals surface area contributed by atoms with E-state index in [1.807, 2.05) is 13.8 Å². The average molecular weight is 180 g/mol. The first-order chi connectivity index (χ1) is 5.36. The smallest absolute Gasteiger partial charge is 0.450 e. The second kappa shape index (κ2) is 7.64. The minimum Gasteiger partial charge on any atom is -0.450 e. The van der Waals surface area contributed by atoms with Gasteiger partial charge in [0, 0.05) is 0 Å². The molecule has 0 amide bonds. The first-order valence-electron chi connectivity index (χ1n) is 3.13. The van der Waals surface area contributed by atoms with E-state index in [4.69, 9.17) is 20.1 Å². The molecule has 0 atom stereocenters. The van der Waals surface area contributed by atoms with Crippen molar-refractivity contribution in [2.24, 2.45) is 5.92 Å². The molecule has 0 aromatic rings. The molecule has 3 N–H and O–H groups in total. The van der Waals surface area contributed by atoms with Crippen LogP contribution in [0.1, 0.15) is 13.8 Å². The Kier molecular flexibility index (Phi) is 8.38. The van der Waals surface area contributed by atoms with E-state index >= 15 is 0 Å². The third kappa shape index (κ3) is 38.7. The maximum absolute atomic E-state index is 9.68. The molecule has 0 saturated carbocycles. The zero-order chi connectivity index (χ0) is 10.1. The molecule has 0 radical (unpaired) electrons. The van der Waals surface area contributed by atoms with Crippen molar-refractivity contribution in [3.8, 4) is 0 Å². The molecule has 12 heavy (non-hydrogen) atoms. The van der Waals surface area contributed by atoms with Gasteiger partial charge >= 0.3 is 12.3 Å². The first-order valence-corrected chi connectivity index (χ1v) is 3.13. The predicted octanol–water partition coefficient (Wildman–Crippen LogP) is 1.56. The lowest BCUT2D eigenvalue weighted by atomic mass is 10.2. The van der Waals surface area contributed by atoms with Crippen LogP contribution in [0, 0.1) is 5.92 Å². The summed E-state index contributed by atoms with van der Waals surface area (Å²) < 4.78 is 4.22. The summed E-state index contributed by atoms with van der Waals surface area (Å²) in [6.45, 7) is 4.07. The molecule has 0 heterocycles. The molecule has 6 nitrogen and oxygen atoms in total. The normalized spacial score (nSPS) is 8.25. The van der Waals surface area contributed by atoms with Crippen LogP contribution in [0.3, 0.4) is 0 Å². The van der Waals surface area contributed by atoms with Gasteiger partial charge in [-0.1, -0.05) is 13.8 Å². The molecule has 0 spiro atoms. The Morgan fingerprint density at radius 1 is 1.25 bits per heavy atom. The molecule has 0 saturated heterocycles. The fourth-order valence-electron chi connectivity index (χ4n) is 0.238. The standard InChI is InChI=1S/C5H10O3.CH2O3/c1-4(2)3-8-5(6)7;2-1(3)4/h4H,3H2,1-2H3,(H,6,7);(H2,2,3,4). The Hall–Kier alpha value is -1.46. The van der Waals surface area contributed by atoms with Gasteiger partial charge < -0.3 is 20.1 Å². The average Bonchev–Trinajstić information content (AvgIpc) is 1.82. The van der Waals surface area contributed by atoms with Crippen molar-refractivity contribution in [3.05, 3.63) is 0 Å². The van der Waals surface area contributed by atoms with Crippen LogP contribution in [-0.4, -0.2) is 34.2 Å². The number of hydrogen-bond donors (Lipinski definition) is 3. The van der Waals surface area contributed by atoms with Gasteiger partial charge in [0.2, 0.25) is 0 Å². The Balaban J connectivity index is 0. The van der Waals surface area contributed by atoms with Gasteiger partial charge in [0.15, 0.2) is 0 Å². The van der Waals surface area contributed by atoms with Gasteiger partial charge in [-0.3, -0.25) is 0 Å². The minimum absolute atomic E-state index is 0.283. The molecule has 0 aliphatic carbocycles. The summed E-state index contributed by atoms with van der Waals surface area (Å²) in [4.78, 5) is 18.2. The molecule has 0 rings (SSSR count). The molecule has 72 valence electrons. The maximum atomic E-state index is 9.68. The van der Waals surface area contributed by atoms with Gasteiger partial charge in [0.25, 0.3) is 0 Å². The van der Waals surface area contributed by atoms with Gasteiger partial charge in [0.1, 0.15) is 0 Å². The van der Waals surface area contributed by atoms with Crippen molar-refractivity contribution in [1.29, 1.82) is 0 Å². The van der Waals surface area contributed by atoms with Crippen LogP contribution in [0.15, 0.2) is 0 Å². The van der Waals surface area contributed by atoms with Crippen LogP contribution in [0.5, 0.6) is 0 Å². The van der Waals surface area contributed by atoms with Crippen molar-refractivity contribution >= 4 is 12.3 Å². The summed E-state index contributed by atoms with van der Waals surface area (Å²) in [5.74, 6) is 0.283. The SMILES string of the molecule is CC(C)COC(=O)O.O=C(O)O. The lowest BCUT2D eigenvalue weighted by Gasteiger charge is -2.00. The largest absolute Gasteiger partial charge is 0.505 e. The van der Waals surface area contributed by atoms with E-state index in [1.54, 1.807) is 0 Å². The second-order valence-electron chi connectivity index (χ2n) is 2.25. The molecule has 0 unspecified atom stereocenters. The zero-order valence-corrected chi connectivity index (χ0v) is 6.85. The second-order valence-corrected chi connectivity index (χ2v) is 2.25. The van der Waals surface area contributed by atoms with E-state index in [0.29, 0.717) is 0 Å². The van der Waals surface area contributed by atoms with Crippen molar-refractivity contribution in [1.82, 2.24) is 0 Å². The Bertz CT molecular complexity index is 137. The van der Waals surface area contributed by atoms with Gasteiger partial charge in [-0.2, -0.15) is 0 Å². The fourth-order valence-corrected chi connectivity index (χ4v) is 0.238. The summed E-state index contributed by atoms with van der Waals surface area (Å²) in [6.07, 6.45) is -3.03. The zero-order valence-electron chi connectivity index (χ0n) is 6.85. The van der Waals surface area contributed by atoms with Crippen LogP contribution in [0.2, 0.25) is 0 Å². The van der Waals surface area contributed by atoms with E-state index in [1.165, 1.54) is 0 Å². The van der Waals surface area contributed by atoms with Crippen LogP contribution >= 0.6 is 0 Å². The topological polar surface area (TPSA) is 104 Å². The Labute approximate surface area is 69.4 Å². The van der Waals surface area contributed by atoms with Gasteiger partial charge in [-0.05, 0) is 5.92 Å². The summed E-state index contributed by atoms with van der Waals surface area (Å²) in [5.41, 5.74) is 0. The third-order valence-electron chi connectivity index (χ3n) is 0.540. The molecule has 0 aliphatic heterocycles.